The van der Waals surface area contributed by atoms with Crippen molar-refractivity contribution >= 4 is 129 Å². The van der Waals surface area contributed by atoms with Crippen molar-refractivity contribution in [2.45, 2.75) is 0 Å². The van der Waals surface area contributed by atoms with Crippen molar-refractivity contribution in [3.05, 3.63) is 0 Å². The molecule has 0 aliphatic carbocycles. The van der Waals surface area contributed by atoms with Gasteiger partial charge in [-0.15, -0.1) is 0 Å². The third kappa shape index (κ3) is 41.7. The van der Waals surface area contributed by atoms with E-state index in [1.165, 1.54) is 0 Å². The standard InChI is InChI=1S/Cs.K.H4O4Si.2H/c;;1-5(2,3)4;;/h;;1-4H;;. The summed E-state index contributed by atoms with van der Waals surface area (Å²) in [5.41, 5.74) is 0. The first-order chi connectivity index (χ1) is 2.00. The van der Waals surface area contributed by atoms with Gasteiger partial charge in [0.25, 0.3) is 0 Å². The summed E-state index contributed by atoms with van der Waals surface area (Å²) in [6, 6.07) is 0. The van der Waals surface area contributed by atoms with Crippen LogP contribution in [0.5, 0.6) is 0 Å². The monoisotopic (exact) mass is 270 g/mol. The molecule has 0 spiro atoms. The molecule has 0 fully saturated rings. The van der Waals surface area contributed by atoms with E-state index in [2.05, 4.69) is 0 Å². The molecule has 0 saturated heterocycles. The van der Waals surface area contributed by atoms with Crippen LogP contribution < -0.4 is 0 Å². The van der Waals surface area contributed by atoms with E-state index in [1.54, 1.807) is 0 Å². The summed E-state index contributed by atoms with van der Waals surface area (Å²) in [6.07, 6.45) is 0. The van der Waals surface area contributed by atoms with Gasteiger partial charge in [-0.2, -0.15) is 0 Å². The van der Waals surface area contributed by atoms with Gasteiger partial charge >= 0.3 is 129 Å². The zero-order valence-corrected chi connectivity index (χ0v) is 3.29. The average molecular weight is 270 g/mol. The molecule has 36 valence electrons. The molecule has 0 amide bonds. The van der Waals surface area contributed by atoms with E-state index >= 15 is 0 Å². The molecule has 0 heterocycles. The van der Waals surface area contributed by atoms with Crippen LogP contribution in [0.15, 0.2) is 0 Å². The van der Waals surface area contributed by atoms with Crippen LogP contribution in [0.1, 0.15) is 0 Å². The number of rotatable bonds is 0. The van der Waals surface area contributed by atoms with E-state index in [-0.39, 0.29) is 120 Å². The second-order valence-electron chi connectivity index (χ2n) is 0.600. The van der Waals surface area contributed by atoms with Crippen LogP contribution in [0, 0.1) is 0 Å². The Balaban J connectivity index is -0.0000000800. The molecule has 7 heteroatoms. The Hall–Kier alpha value is 3.75. The van der Waals surface area contributed by atoms with Gasteiger partial charge < -0.3 is 19.2 Å². The second kappa shape index (κ2) is 7.85. The summed E-state index contributed by atoms with van der Waals surface area (Å²) in [5.74, 6) is 0. The van der Waals surface area contributed by atoms with E-state index in [4.69, 9.17) is 19.2 Å². The van der Waals surface area contributed by atoms with Crippen molar-refractivity contribution in [3.63, 3.8) is 0 Å². The van der Waals surface area contributed by atoms with E-state index in [0.717, 1.165) is 0 Å². The molecule has 0 bridgehead atoms. The quantitative estimate of drug-likeness (QED) is 0.339. The van der Waals surface area contributed by atoms with Gasteiger partial charge in [0.15, 0.2) is 0 Å². The second-order valence-corrected chi connectivity index (χ2v) is 1.80. The van der Waals surface area contributed by atoms with Gasteiger partial charge in [-0.3, -0.25) is 0 Å². The fourth-order valence-electron chi connectivity index (χ4n) is 0. The fraction of sp³-hybridized carbons (Fsp3) is 0. The topological polar surface area (TPSA) is 80.9 Å². The normalized spacial score (nSPS) is 8.57. The zero-order valence-electron chi connectivity index (χ0n) is 2.29. The molecule has 0 aromatic heterocycles. The van der Waals surface area contributed by atoms with Crippen LogP contribution in [-0.4, -0.2) is 149 Å². The van der Waals surface area contributed by atoms with Crippen LogP contribution in [0.3, 0.4) is 0 Å². The van der Waals surface area contributed by atoms with Crippen LogP contribution in [0.4, 0.5) is 0 Å². The Morgan fingerprint density at radius 3 is 0.857 bits per heavy atom. The summed E-state index contributed by atoms with van der Waals surface area (Å²) >= 11 is 0. The van der Waals surface area contributed by atoms with Crippen molar-refractivity contribution in [2.75, 3.05) is 0 Å². The first-order valence-electron chi connectivity index (χ1n) is 0.894. The molecule has 0 rings (SSSR count). The molecular weight excluding hydrogens is 264 g/mol. The third-order valence-electron chi connectivity index (χ3n) is 0. The van der Waals surface area contributed by atoms with Gasteiger partial charge in [0, 0.05) is 0 Å². The Labute approximate surface area is 144 Å². The van der Waals surface area contributed by atoms with Gasteiger partial charge in [-0.25, -0.2) is 0 Å². The van der Waals surface area contributed by atoms with E-state index in [9.17, 15) is 0 Å². The van der Waals surface area contributed by atoms with E-state index in [1.807, 2.05) is 0 Å². The van der Waals surface area contributed by atoms with Gasteiger partial charge in [-0.1, -0.05) is 0 Å². The SMILES string of the molecule is O[Si](O)(O)O.[CsH].[KH]. The first-order valence-corrected chi connectivity index (χ1v) is 2.68. The Morgan fingerprint density at radius 2 is 0.857 bits per heavy atom. The minimum absolute atomic E-state index is 0. The van der Waals surface area contributed by atoms with Gasteiger partial charge in [0.05, 0.1) is 0 Å². The summed E-state index contributed by atoms with van der Waals surface area (Å²) in [4.78, 5) is 29.3. The maximum absolute atomic E-state index is 7.33. The van der Waals surface area contributed by atoms with Crippen molar-refractivity contribution in [1.82, 2.24) is 0 Å². The van der Waals surface area contributed by atoms with Gasteiger partial charge in [0.2, 0.25) is 0 Å². The van der Waals surface area contributed by atoms with E-state index in [0.29, 0.717) is 0 Å². The summed E-state index contributed by atoms with van der Waals surface area (Å²) < 4.78 is 0. The summed E-state index contributed by atoms with van der Waals surface area (Å²) in [5, 5.41) is 0. The van der Waals surface area contributed by atoms with Crippen molar-refractivity contribution in [3.8, 4) is 0 Å². The van der Waals surface area contributed by atoms with Crippen LogP contribution >= 0.6 is 0 Å². The van der Waals surface area contributed by atoms with Crippen LogP contribution in [0.2, 0.25) is 0 Å². The molecule has 0 radical (unpaired) electrons. The van der Waals surface area contributed by atoms with E-state index < -0.39 is 9.05 Å². The molecule has 0 aliphatic rings. The van der Waals surface area contributed by atoms with Crippen molar-refractivity contribution in [2.24, 2.45) is 0 Å². The Kier molecular flexibility index (Phi) is 19.1. The molecular formula is H6CsKO4Si. The van der Waals surface area contributed by atoms with Crippen molar-refractivity contribution < 1.29 is 19.2 Å². The van der Waals surface area contributed by atoms with Gasteiger partial charge in [0.1, 0.15) is 0 Å². The predicted octanol–water partition coefficient (Wildman–Crippen LogP) is -3.91. The molecule has 0 unspecified atom stereocenters. The number of hydrogen-bond donors (Lipinski definition) is 4. The molecule has 0 aromatic carbocycles. The maximum atomic E-state index is 7.33. The first kappa shape index (κ1) is 17.0. The molecule has 4 nitrogen and oxygen atoms in total. The molecule has 4 N–H and O–H groups in total. The van der Waals surface area contributed by atoms with Crippen molar-refractivity contribution in [1.29, 1.82) is 0 Å². The molecule has 0 saturated carbocycles. The fourth-order valence-corrected chi connectivity index (χ4v) is 0. The molecule has 0 aliphatic heterocycles. The Bertz CT molecular complexity index is 27.2. The molecule has 0 aromatic rings. The zero-order chi connectivity index (χ0) is 4.50. The Morgan fingerprint density at radius 1 is 0.857 bits per heavy atom. The molecule has 7 heavy (non-hydrogen) atoms. The number of hydrogen-bond acceptors (Lipinski definition) is 4. The predicted molar refractivity (Wildman–Crippen MR) is 28.9 cm³/mol. The van der Waals surface area contributed by atoms with Crippen LogP contribution in [-0.2, 0) is 0 Å². The third-order valence-corrected chi connectivity index (χ3v) is 0. The summed E-state index contributed by atoms with van der Waals surface area (Å²) in [6.45, 7) is 0. The average Bonchev–Trinajstić information content (AvgIpc) is 0.722. The minimum atomic E-state index is -4.61. The summed E-state index contributed by atoms with van der Waals surface area (Å²) in [7, 11) is -4.61. The molecule has 0 atom stereocenters. The van der Waals surface area contributed by atoms with Crippen LogP contribution in [0.25, 0.3) is 0 Å². The van der Waals surface area contributed by atoms with Gasteiger partial charge in [-0.05, 0) is 0 Å².